The lowest BCUT2D eigenvalue weighted by molar-refractivity contribution is -0.179. The molecule has 3 nitrogen and oxygen atoms in total. The van der Waals surface area contributed by atoms with Crippen molar-refractivity contribution in [1.29, 1.82) is 0 Å². The van der Waals surface area contributed by atoms with Gasteiger partial charge in [0.2, 0.25) is 0 Å². The topological polar surface area (TPSA) is 36.4 Å². The highest BCUT2D eigenvalue weighted by atomic mass is 19.4. The fraction of sp³-hybridized carbons (Fsp3) is 0.545. The Labute approximate surface area is 96.9 Å². The standard InChI is InChI=1S/C11H13F3N2O/c12-11(13,14)8-3-5-16(6-4-8)10-2-1-9(17)7-15-10/h1-2,7-8,17H,3-6H2. The fourth-order valence-corrected chi connectivity index (χ4v) is 2.00. The molecule has 0 bridgehead atoms. The predicted molar refractivity (Wildman–Crippen MR) is 56.9 cm³/mol. The quantitative estimate of drug-likeness (QED) is 0.827. The van der Waals surface area contributed by atoms with Crippen LogP contribution in [-0.2, 0) is 0 Å². The second kappa shape index (κ2) is 4.43. The van der Waals surface area contributed by atoms with Gasteiger partial charge in [0.1, 0.15) is 11.6 Å². The third-order valence-corrected chi connectivity index (χ3v) is 3.01. The zero-order valence-corrected chi connectivity index (χ0v) is 9.11. The molecule has 1 N–H and O–H groups in total. The van der Waals surface area contributed by atoms with Crippen molar-refractivity contribution in [2.75, 3.05) is 18.0 Å². The van der Waals surface area contributed by atoms with Crippen molar-refractivity contribution in [3.8, 4) is 5.75 Å². The van der Waals surface area contributed by atoms with Crippen LogP contribution in [0.15, 0.2) is 18.3 Å². The van der Waals surface area contributed by atoms with E-state index in [4.69, 9.17) is 5.11 Å². The summed E-state index contributed by atoms with van der Waals surface area (Å²) in [5.74, 6) is -0.529. The minimum atomic E-state index is -4.09. The van der Waals surface area contributed by atoms with Gasteiger partial charge in [-0.15, -0.1) is 0 Å². The summed E-state index contributed by atoms with van der Waals surface area (Å²) < 4.78 is 37.4. The summed E-state index contributed by atoms with van der Waals surface area (Å²) in [5, 5.41) is 9.07. The van der Waals surface area contributed by atoms with E-state index in [1.165, 1.54) is 12.3 Å². The summed E-state index contributed by atoms with van der Waals surface area (Å²) in [5.41, 5.74) is 0. The minimum Gasteiger partial charge on any atom is -0.506 e. The molecule has 0 spiro atoms. The van der Waals surface area contributed by atoms with Gasteiger partial charge in [0.05, 0.1) is 12.1 Å². The molecular weight excluding hydrogens is 233 g/mol. The van der Waals surface area contributed by atoms with E-state index in [0.29, 0.717) is 18.9 Å². The van der Waals surface area contributed by atoms with Crippen molar-refractivity contribution in [1.82, 2.24) is 4.98 Å². The van der Waals surface area contributed by atoms with Gasteiger partial charge in [0.25, 0.3) is 0 Å². The molecule has 1 aromatic rings. The van der Waals surface area contributed by atoms with E-state index in [-0.39, 0.29) is 18.6 Å². The van der Waals surface area contributed by atoms with E-state index in [1.807, 2.05) is 4.90 Å². The molecule has 0 radical (unpaired) electrons. The molecule has 94 valence electrons. The molecule has 0 amide bonds. The number of anilines is 1. The summed E-state index contributed by atoms with van der Waals surface area (Å²) >= 11 is 0. The second-order valence-electron chi connectivity index (χ2n) is 4.18. The predicted octanol–water partition coefficient (Wildman–Crippen LogP) is 2.57. The Morgan fingerprint density at radius 3 is 2.35 bits per heavy atom. The molecule has 1 aliphatic heterocycles. The Morgan fingerprint density at radius 2 is 1.88 bits per heavy atom. The first-order valence-corrected chi connectivity index (χ1v) is 5.43. The minimum absolute atomic E-state index is 0.0546. The third-order valence-electron chi connectivity index (χ3n) is 3.01. The Hall–Kier alpha value is -1.46. The maximum absolute atomic E-state index is 12.5. The number of rotatable bonds is 1. The lowest BCUT2D eigenvalue weighted by Gasteiger charge is -2.33. The molecule has 1 saturated heterocycles. The monoisotopic (exact) mass is 246 g/mol. The van der Waals surface area contributed by atoms with Crippen molar-refractivity contribution in [3.63, 3.8) is 0 Å². The average molecular weight is 246 g/mol. The van der Waals surface area contributed by atoms with Gasteiger partial charge in [0, 0.05) is 13.1 Å². The number of halogens is 3. The number of alkyl halides is 3. The third kappa shape index (κ3) is 2.81. The maximum Gasteiger partial charge on any atom is 0.391 e. The van der Waals surface area contributed by atoms with Crippen LogP contribution in [0.3, 0.4) is 0 Å². The van der Waals surface area contributed by atoms with Gasteiger partial charge in [0.15, 0.2) is 0 Å². The van der Waals surface area contributed by atoms with Gasteiger partial charge in [-0.1, -0.05) is 0 Å². The number of piperidine rings is 1. The van der Waals surface area contributed by atoms with E-state index >= 15 is 0 Å². The SMILES string of the molecule is Oc1ccc(N2CCC(C(F)(F)F)CC2)nc1. The van der Waals surface area contributed by atoms with Crippen LogP contribution in [0.2, 0.25) is 0 Å². The van der Waals surface area contributed by atoms with Crippen LogP contribution < -0.4 is 4.90 Å². The Bertz CT molecular complexity index is 369. The highest BCUT2D eigenvalue weighted by molar-refractivity contribution is 5.40. The zero-order valence-electron chi connectivity index (χ0n) is 9.11. The largest absolute Gasteiger partial charge is 0.506 e. The molecule has 2 rings (SSSR count). The summed E-state index contributed by atoms with van der Waals surface area (Å²) in [6.07, 6.45) is -2.59. The van der Waals surface area contributed by atoms with Crippen LogP contribution in [0, 0.1) is 5.92 Å². The summed E-state index contributed by atoms with van der Waals surface area (Å²) in [7, 11) is 0. The zero-order chi connectivity index (χ0) is 12.5. The summed E-state index contributed by atoms with van der Waals surface area (Å²) in [6.45, 7) is 0.698. The molecule has 1 aromatic heterocycles. The summed E-state index contributed by atoms with van der Waals surface area (Å²) in [4.78, 5) is 5.79. The van der Waals surface area contributed by atoms with Gasteiger partial charge in [-0.2, -0.15) is 13.2 Å². The van der Waals surface area contributed by atoms with Crippen molar-refractivity contribution < 1.29 is 18.3 Å². The molecule has 17 heavy (non-hydrogen) atoms. The van der Waals surface area contributed by atoms with Crippen LogP contribution >= 0.6 is 0 Å². The number of aromatic hydroxyl groups is 1. The highest BCUT2D eigenvalue weighted by Gasteiger charge is 2.41. The Morgan fingerprint density at radius 1 is 1.24 bits per heavy atom. The molecule has 0 aromatic carbocycles. The molecule has 2 heterocycles. The lowest BCUT2D eigenvalue weighted by Crippen LogP contribution is -2.39. The number of hydrogen-bond acceptors (Lipinski definition) is 3. The van der Waals surface area contributed by atoms with Crippen LogP contribution in [0.5, 0.6) is 5.75 Å². The van der Waals surface area contributed by atoms with Crippen molar-refractivity contribution in [2.24, 2.45) is 5.92 Å². The van der Waals surface area contributed by atoms with Gasteiger partial charge >= 0.3 is 6.18 Å². The molecule has 0 unspecified atom stereocenters. The van der Waals surface area contributed by atoms with Gasteiger partial charge in [-0.3, -0.25) is 0 Å². The number of pyridine rings is 1. The van der Waals surface area contributed by atoms with Gasteiger partial charge in [-0.25, -0.2) is 4.98 Å². The van der Waals surface area contributed by atoms with E-state index in [0.717, 1.165) is 0 Å². The molecule has 1 fully saturated rings. The van der Waals surface area contributed by atoms with Crippen molar-refractivity contribution in [3.05, 3.63) is 18.3 Å². The number of nitrogens with zero attached hydrogens (tertiary/aromatic N) is 2. The van der Waals surface area contributed by atoms with Crippen molar-refractivity contribution in [2.45, 2.75) is 19.0 Å². The van der Waals surface area contributed by atoms with Gasteiger partial charge < -0.3 is 10.0 Å². The lowest BCUT2D eigenvalue weighted by atomic mass is 9.96. The van der Waals surface area contributed by atoms with E-state index < -0.39 is 12.1 Å². The van der Waals surface area contributed by atoms with Crippen LogP contribution in [0.25, 0.3) is 0 Å². The molecule has 0 atom stereocenters. The van der Waals surface area contributed by atoms with Gasteiger partial charge in [-0.05, 0) is 25.0 Å². The Balaban J connectivity index is 1.97. The Kier molecular flexibility index (Phi) is 3.13. The van der Waals surface area contributed by atoms with Crippen LogP contribution in [0.4, 0.5) is 19.0 Å². The van der Waals surface area contributed by atoms with E-state index in [1.54, 1.807) is 6.07 Å². The summed E-state index contributed by atoms with van der Waals surface area (Å²) in [6, 6.07) is 3.10. The van der Waals surface area contributed by atoms with E-state index in [2.05, 4.69) is 4.98 Å². The first kappa shape index (κ1) is 12.0. The number of aromatic nitrogens is 1. The van der Waals surface area contributed by atoms with Crippen molar-refractivity contribution >= 4 is 5.82 Å². The molecule has 1 aliphatic rings. The smallest absolute Gasteiger partial charge is 0.391 e. The average Bonchev–Trinajstić information content (AvgIpc) is 2.29. The van der Waals surface area contributed by atoms with E-state index in [9.17, 15) is 13.2 Å². The molecule has 0 aliphatic carbocycles. The normalized spacial score (nSPS) is 18.4. The fourth-order valence-electron chi connectivity index (χ4n) is 2.00. The van der Waals surface area contributed by atoms with Crippen LogP contribution in [-0.4, -0.2) is 29.4 Å². The molecule has 6 heteroatoms. The second-order valence-corrected chi connectivity index (χ2v) is 4.18. The first-order valence-electron chi connectivity index (χ1n) is 5.43. The van der Waals surface area contributed by atoms with Crippen LogP contribution in [0.1, 0.15) is 12.8 Å². The maximum atomic E-state index is 12.5. The highest BCUT2D eigenvalue weighted by Crippen LogP contribution is 2.35. The first-order chi connectivity index (χ1) is 7.97. The molecular formula is C11H13F3N2O. The number of hydrogen-bond donors (Lipinski definition) is 1. The molecule has 0 saturated carbocycles.